The Morgan fingerprint density at radius 3 is 2.38 bits per heavy atom. The highest BCUT2D eigenvalue weighted by molar-refractivity contribution is 5.84. The van der Waals surface area contributed by atoms with Crippen LogP contribution >= 0.6 is 0 Å². The van der Waals surface area contributed by atoms with Gasteiger partial charge >= 0.3 is 6.18 Å². The molecule has 1 rings (SSSR count). The molecule has 1 unspecified atom stereocenters. The fourth-order valence-corrected chi connectivity index (χ4v) is 1.69. The molecule has 0 heterocycles. The summed E-state index contributed by atoms with van der Waals surface area (Å²) in [5.74, 6) is -0.415. The van der Waals surface area contributed by atoms with E-state index in [0.29, 0.717) is 6.07 Å². The molecule has 0 spiro atoms. The number of hydrogen-bond acceptors (Lipinski definition) is 4. The molecule has 21 heavy (non-hydrogen) atoms. The Labute approximate surface area is 118 Å². The number of halogens is 3. The first-order chi connectivity index (χ1) is 9.54. The Morgan fingerprint density at radius 1 is 1.38 bits per heavy atom. The fourth-order valence-electron chi connectivity index (χ4n) is 1.69. The molecule has 0 aliphatic carbocycles. The van der Waals surface area contributed by atoms with Crippen LogP contribution in [0.25, 0.3) is 0 Å². The van der Waals surface area contributed by atoms with Gasteiger partial charge in [-0.3, -0.25) is 14.9 Å². The second-order valence-electron chi connectivity index (χ2n) is 4.58. The maximum atomic E-state index is 12.9. The fraction of sp³-hybridized carbons (Fsp3) is 0.417. The third kappa shape index (κ3) is 4.07. The second-order valence-corrected chi connectivity index (χ2v) is 4.58. The number of likely N-dealkylation sites (N-methyl/N-ethyl adjacent to an activating group) is 1. The lowest BCUT2D eigenvalue weighted by atomic mass is 10.1. The Hall–Kier alpha value is -2.32. The maximum absolute atomic E-state index is 12.9. The molecule has 116 valence electrons. The van der Waals surface area contributed by atoms with Gasteiger partial charge in [-0.05, 0) is 13.0 Å². The number of nitro groups is 1. The third-order valence-electron chi connectivity index (χ3n) is 2.70. The predicted octanol–water partition coefficient (Wildman–Crippen LogP) is 2.50. The van der Waals surface area contributed by atoms with E-state index in [-0.39, 0.29) is 5.69 Å². The molecule has 9 heteroatoms. The number of nitro benzene ring substituents is 1. The van der Waals surface area contributed by atoms with Crippen LogP contribution < -0.4 is 5.32 Å². The van der Waals surface area contributed by atoms with Crippen LogP contribution in [0, 0.1) is 10.1 Å². The van der Waals surface area contributed by atoms with Gasteiger partial charge in [0.05, 0.1) is 10.5 Å². The zero-order valence-corrected chi connectivity index (χ0v) is 11.6. The molecule has 1 N–H and O–H groups in total. The number of alkyl halides is 3. The van der Waals surface area contributed by atoms with Crippen LogP contribution in [0.3, 0.4) is 0 Å². The van der Waals surface area contributed by atoms with Gasteiger partial charge in [0.15, 0.2) is 0 Å². The van der Waals surface area contributed by atoms with E-state index in [1.54, 1.807) is 0 Å². The van der Waals surface area contributed by atoms with Crippen molar-refractivity contribution < 1.29 is 22.9 Å². The lowest BCUT2D eigenvalue weighted by Gasteiger charge is -2.21. The predicted molar refractivity (Wildman–Crippen MR) is 69.9 cm³/mol. The van der Waals surface area contributed by atoms with E-state index in [1.807, 2.05) is 0 Å². The van der Waals surface area contributed by atoms with Crippen molar-refractivity contribution in [3.05, 3.63) is 33.9 Å². The van der Waals surface area contributed by atoms with Crippen molar-refractivity contribution in [1.82, 2.24) is 4.90 Å². The molecule has 0 radical (unpaired) electrons. The normalized spacial score (nSPS) is 12.7. The number of amides is 1. The van der Waals surface area contributed by atoms with Crippen molar-refractivity contribution in [2.45, 2.75) is 19.1 Å². The molecule has 1 amide bonds. The summed E-state index contributed by atoms with van der Waals surface area (Å²) < 4.78 is 38.8. The zero-order chi connectivity index (χ0) is 16.4. The van der Waals surface area contributed by atoms with Crippen LogP contribution in [0.5, 0.6) is 0 Å². The van der Waals surface area contributed by atoms with E-state index in [0.717, 1.165) is 12.1 Å². The number of carbonyl (C=O) groups excluding carboxylic acids is 1. The molecule has 0 aliphatic rings. The van der Waals surface area contributed by atoms with Crippen LogP contribution in [0.1, 0.15) is 12.5 Å². The lowest BCUT2D eigenvalue weighted by molar-refractivity contribution is -0.385. The maximum Gasteiger partial charge on any atom is 0.418 e. The number of nitrogens with one attached hydrogen (secondary N) is 1. The molecular weight excluding hydrogens is 291 g/mol. The van der Waals surface area contributed by atoms with E-state index in [4.69, 9.17) is 0 Å². The average Bonchev–Trinajstić information content (AvgIpc) is 2.36. The van der Waals surface area contributed by atoms with Crippen molar-refractivity contribution in [1.29, 1.82) is 0 Å². The van der Waals surface area contributed by atoms with Crippen LogP contribution in [0.15, 0.2) is 18.2 Å². The number of anilines is 1. The summed E-state index contributed by atoms with van der Waals surface area (Å²) in [7, 11) is 2.95. The number of rotatable bonds is 4. The second kappa shape index (κ2) is 5.98. The summed E-state index contributed by atoms with van der Waals surface area (Å²) in [5, 5.41) is 13.0. The van der Waals surface area contributed by atoms with Crippen LogP contribution in [0.4, 0.5) is 24.5 Å². The van der Waals surface area contributed by atoms with Crippen molar-refractivity contribution in [3.8, 4) is 0 Å². The van der Waals surface area contributed by atoms with Gasteiger partial charge in [0.2, 0.25) is 5.91 Å². The Balaban J connectivity index is 3.18. The minimum Gasteiger partial charge on any atom is -0.373 e. The number of benzene rings is 1. The van der Waals surface area contributed by atoms with Crippen molar-refractivity contribution in [3.63, 3.8) is 0 Å². The van der Waals surface area contributed by atoms with E-state index in [9.17, 15) is 28.1 Å². The van der Waals surface area contributed by atoms with Crippen LogP contribution in [-0.2, 0) is 11.0 Å². The summed E-state index contributed by atoms with van der Waals surface area (Å²) in [5.41, 5.74) is -2.23. The van der Waals surface area contributed by atoms with E-state index in [1.165, 1.54) is 25.9 Å². The Bertz CT molecular complexity index is 558. The largest absolute Gasteiger partial charge is 0.418 e. The molecule has 1 atom stereocenters. The number of hydrogen-bond donors (Lipinski definition) is 1. The van der Waals surface area contributed by atoms with Gasteiger partial charge in [0, 0.05) is 31.9 Å². The molecule has 1 aromatic rings. The number of nitrogens with zero attached hydrogens (tertiary/aromatic N) is 2. The number of non-ortho nitro benzene ring substituents is 1. The molecule has 0 fully saturated rings. The minimum atomic E-state index is -4.77. The summed E-state index contributed by atoms with van der Waals surface area (Å²) >= 11 is 0. The number of carbonyl (C=O) groups is 1. The summed E-state index contributed by atoms with van der Waals surface area (Å²) in [6.45, 7) is 1.41. The molecule has 0 saturated heterocycles. The summed E-state index contributed by atoms with van der Waals surface area (Å²) in [6, 6.07) is 1.43. The summed E-state index contributed by atoms with van der Waals surface area (Å²) in [6.07, 6.45) is -4.77. The molecule has 6 nitrogen and oxygen atoms in total. The Kier molecular flexibility index (Phi) is 4.77. The van der Waals surface area contributed by atoms with Gasteiger partial charge in [-0.1, -0.05) is 0 Å². The van der Waals surface area contributed by atoms with Gasteiger partial charge in [-0.15, -0.1) is 0 Å². The highest BCUT2D eigenvalue weighted by Crippen LogP contribution is 2.37. The van der Waals surface area contributed by atoms with E-state index < -0.39 is 34.3 Å². The third-order valence-corrected chi connectivity index (χ3v) is 2.70. The minimum absolute atomic E-state index is 0.379. The zero-order valence-electron chi connectivity index (χ0n) is 11.6. The monoisotopic (exact) mass is 305 g/mol. The first-order valence-corrected chi connectivity index (χ1v) is 5.87. The molecule has 0 aliphatic heterocycles. The van der Waals surface area contributed by atoms with Gasteiger partial charge in [-0.25, -0.2) is 0 Å². The van der Waals surface area contributed by atoms with E-state index >= 15 is 0 Å². The van der Waals surface area contributed by atoms with Crippen LogP contribution in [-0.4, -0.2) is 35.9 Å². The highest BCUT2D eigenvalue weighted by Gasteiger charge is 2.35. The average molecular weight is 305 g/mol. The standard InChI is InChI=1S/C12H14F3N3O3/c1-7(11(19)17(2)3)16-10-5-4-8(18(20)21)6-9(10)12(13,14)15/h4-7,16H,1-3H3. The molecule has 0 saturated carbocycles. The first-order valence-electron chi connectivity index (χ1n) is 5.87. The highest BCUT2D eigenvalue weighted by atomic mass is 19.4. The van der Waals surface area contributed by atoms with Crippen molar-refractivity contribution in [2.75, 3.05) is 19.4 Å². The van der Waals surface area contributed by atoms with Gasteiger partial charge in [-0.2, -0.15) is 13.2 Å². The van der Waals surface area contributed by atoms with Crippen molar-refractivity contribution in [2.24, 2.45) is 0 Å². The Morgan fingerprint density at radius 2 is 1.95 bits per heavy atom. The van der Waals surface area contributed by atoms with Gasteiger partial charge in [0.25, 0.3) is 5.69 Å². The quantitative estimate of drug-likeness (QED) is 0.685. The first kappa shape index (κ1) is 16.7. The van der Waals surface area contributed by atoms with Crippen molar-refractivity contribution >= 4 is 17.3 Å². The lowest BCUT2D eigenvalue weighted by Crippen LogP contribution is -2.37. The molecular formula is C12H14F3N3O3. The smallest absolute Gasteiger partial charge is 0.373 e. The molecule has 0 aromatic heterocycles. The van der Waals surface area contributed by atoms with Gasteiger partial charge < -0.3 is 10.2 Å². The molecule has 1 aromatic carbocycles. The molecule has 0 bridgehead atoms. The van der Waals surface area contributed by atoms with E-state index in [2.05, 4.69) is 5.32 Å². The van der Waals surface area contributed by atoms with Gasteiger partial charge in [0.1, 0.15) is 6.04 Å². The topological polar surface area (TPSA) is 75.5 Å². The summed E-state index contributed by atoms with van der Waals surface area (Å²) in [4.78, 5) is 22.5. The van der Waals surface area contributed by atoms with Crippen LogP contribution in [0.2, 0.25) is 0 Å². The SMILES string of the molecule is CC(Nc1ccc([N+](=O)[O-])cc1C(F)(F)F)C(=O)N(C)C.